The summed E-state index contributed by atoms with van der Waals surface area (Å²) in [6, 6.07) is 0. The lowest BCUT2D eigenvalue weighted by atomic mass is 10.1. The van der Waals surface area contributed by atoms with Crippen LogP contribution in [0.15, 0.2) is 0 Å². The number of halogens is 3. The molecule has 0 aliphatic carbocycles. The molecule has 0 radical (unpaired) electrons. The van der Waals surface area contributed by atoms with E-state index >= 15 is 0 Å². The fraction of sp³-hybridized carbons (Fsp3) is 0.667. The van der Waals surface area contributed by atoms with Gasteiger partial charge in [-0.15, -0.1) is 0 Å². The Morgan fingerprint density at radius 3 is 2.42 bits per heavy atom. The van der Waals surface area contributed by atoms with Crippen LogP contribution in [0.4, 0.5) is 18.3 Å². The third-order valence-electron chi connectivity index (χ3n) is 2.46. The van der Waals surface area contributed by atoms with Crippen molar-refractivity contribution in [2.75, 3.05) is 18.0 Å². The summed E-state index contributed by atoms with van der Waals surface area (Å²) in [6.45, 7) is 4.76. The molecule has 0 saturated carbocycles. The van der Waals surface area contributed by atoms with Crippen LogP contribution in [-0.2, 0) is 0 Å². The molecule has 0 saturated heterocycles. The first kappa shape index (κ1) is 15.9. The zero-order valence-electron chi connectivity index (χ0n) is 11.1. The number of aldehydes is 1. The van der Waals surface area contributed by atoms with Gasteiger partial charge >= 0.3 is 6.18 Å². The Morgan fingerprint density at radius 2 is 2.05 bits per heavy atom. The van der Waals surface area contributed by atoms with Gasteiger partial charge in [-0.2, -0.15) is 13.2 Å². The van der Waals surface area contributed by atoms with E-state index in [9.17, 15) is 18.0 Å². The highest BCUT2D eigenvalue weighted by atomic mass is 32.1. The normalized spacial score (nSPS) is 11.9. The number of hydrogen-bond donors (Lipinski definition) is 0. The summed E-state index contributed by atoms with van der Waals surface area (Å²) in [5.74, 6) is 0.0135. The SMILES string of the molecule is CCCN(CC(F)(F)F)c1nc(C(C)C)c(C=O)s1. The molecule has 19 heavy (non-hydrogen) atoms. The molecule has 0 aliphatic heterocycles. The van der Waals surface area contributed by atoms with E-state index in [0.717, 1.165) is 11.3 Å². The first-order valence-electron chi connectivity index (χ1n) is 6.06. The third-order valence-corrected chi connectivity index (χ3v) is 3.52. The molecule has 0 fully saturated rings. The molecule has 0 N–H and O–H groups in total. The molecule has 1 rings (SSSR count). The first-order valence-corrected chi connectivity index (χ1v) is 6.87. The van der Waals surface area contributed by atoms with Gasteiger partial charge in [-0.05, 0) is 12.3 Å². The number of thiazole rings is 1. The van der Waals surface area contributed by atoms with Gasteiger partial charge in [-0.25, -0.2) is 4.98 Å². The quantitative estimate of drug-likeness (QED) is 0.747. The van der Waals surface area contributed by atoms with Crippen LogP contribution in [0.25, 0.3) is 0 Å². The monoisotopic (exact) mass is 294 g/mol. The Labute approximate surface area is 114 Å². The average Bonchev–Trinajstić information content (AvgIpc) is 2.70. The molecule has 1 heterocycles. The van der Waals surface area contributed by atoms with Crippen molar-refractivity contribution in [1.82, 2.24) is 4.98 Å². The second-order valence-electron chi connectivity index (χ2n) is 4.56. The van der Waals surface area contributed by atoms with Gasteiger partial charge in [-0.1, -0.05) is 32.1 Å². The summed E-state index contributed by atoms with van der Waals surface area (Å²) < 4.78 is 37.6. The first-order chi connectivity index (χ1) is 8.78. The number of alkyl halides is 3. The van der Waals surface area contributed by atoms with Crippen LogP contribution in [-0.4, -0.2) is 30.5 Å². The molecule has 0 amide bonds. The summed E-state index contributed by atoms with van der Waals surface area (Å²) in [4.78, 5) is 16.7. The Hall–Kier alpha value is -1.11. The number of hydrogen-bond acceptors (Lipinski definition) is 4. The van der Waals surface area contributed by atoms with Gasteiger partial charge in [0, 0.05) is 6.54 Å². The molecule has 7 heteroatoms. The van der Waals surface area contributed by atoms with Crippen LogP contribution in [0.5, 0.6) is 0 Å². The number of aromatic nitrogens is 1. The van der Waals surface area contributed by atoms with Crippen LogP contribution in [0.2, 0.25) is 0 Å². The molecule has 0 unspecified atom stereocenters. The summed E-state index contributed by atoms with van der Waals surface area (Å²) in [7, 11) is 0. The van der Waals surface area contributed by atoms with E-state index in [2.05, 4.69) is 4.98 Å². The number of carbonyl (C=O) groups excluding carboxylic acids is 1. The van der Waals surface area contributed by atoms with Gasteiger partial charge in [0.05, 0.1) is 10.6 Å². The lowest BCUT2D eigenvalue weighted by Gasteiger charge is -2.22. The Kier molecular flexibility index (Phi) is 5.34. The molecule has 0 spiro atoms. The van der Waals surface area contributed by atoms with E-state index in [-0.39, 0.29) is 17.6 Å². The predicted molar refractivity (Wildman–Crippen MR) is 70.1 cm³/mol. The van der Waals surface area contributed by atoms with Crippen molar-refractivity contribution in [1.29, 1.82) is 0 Å². The Morgan fingerprint density at radius 1 is 1.42 bits per heavy atom. The predicted octanol–water partition coefficient (Wildman–Crippen LogP) is 3.86. The maximum Gasteiger partial charge on any atom is 0.406 e. The smallest absolute Gasteiger partial charge is 0.339 e. The van der Waals surface area contributed by atoms with Crippen molar-refractivity contribution < 1.29 is 18.0 Å². The molecular weight excluding hydrogens is 277 g/mol. The number of carbonyl (C=O) groups is 1. The molecule has 0 atom stereocenters. The van der Waals surface area contributed by atoms with Gasteiger partial charge in [0.25, 0.3) is 0 Å². The summed E-state index contributed by atoms with van der Waals surface area (Å²) in [6.07, 6.45) is -3.03. The standard InChI is InChI=1S/C12H17F3N2OS/c1-4-5-17(7-12(13,14)15)11-16-10(8(2)3)9(6-18)19-11/h6,8H,4-5,7H2,1-3H3. The van der Waals surface area contributed by atoms with Crippen molar-refractivity contribution in [3.63, 3.8) is 0 Å². The van der Waals surface area contributed by atoms with Crippen LogP contribution >= 0.6 is 11.3 Å². The molecule has 1 aromatic heterocycles. The summed E-state index contributed by atoms with van der Waals surface area (Å²) >= 11 is 1.02. The van der Waals surface area contributed by atoms with Gasteiger partial charge in [0.1, 0.15) is 6.54 Å². The lowest BCUT2D eigenvalue weighted by Crippen LogP contribution is -2.34. The molecule has 3 nitrogen and oxygen atoms in total. The minimum absolute atomic E-state index is 0.0135. The number of nitrogens with zero attached hydrogens (tertiary/aromatic N) is 2. The van der Waals surface area contributed by atoms with Gasteiger partial charge in [0.2, 0.25) is 0 Å². The molecule has 0 aromatic carbocycles. The minimum Gasteiger partial charge on any atom is -0.339 e. The second kappa shape index (κ2) is 6.36. The van der Waals surface area contributed by atoms with Gasteiger partial charge in [0.15, 0.2) is 11.4 Å². The van der Waals surface area contributed by atoms with Crippen LogP contribution in [0.3, 0.4) is 0 Å². The number of anilines is 1. The van der Waals surface area contributed by atoms with Crippen molar-refractivity contribution in [2.24, 2.45) is 0 Å². The van der Waals surface area contributed by atoms with Crippen LogP contribution < -0.4 is 4.90 Å². The highest BCUT2D eigenvalue weighted by molar-refractivity contribution is 7.17. The van der Waals surface area contributed by atoms with Crippen molar-refractivity contribution in [2.45, 2.75) is 39.3 Å². The summed E-state index contributed by atoms with van der Waals surface area (Å²) in [5, 5.41) is 0.268. The highest BCUT2D eigenvalue weighted by Gasteiger charge is 2.32. The van der Waals surface area contributed by atoms with Gasteiger partial charge < -0.3 is 4.90 Å². The fourth-order valence-electron chi connectivity index (χ4n) is 1.69. The molecule has 1 aromatic rings. The Balaban J connectivity index is 3.05. The molecule has 108 valence electrons. The Bertz CT molecular complexity index is 429. The second-order valence-corrected chi connectivity index (χ2v) is 5.56. The third kappa shape index (κ3) is 4.49. The van der Waals surface area contributed by atoms with E-state index in [1.807, 2.05) is 13.8 Å². The molecule has 0 aliphatic rings. The van der Waals surface area contributed by atoms with Gasteiger partial charge in [-0.3, -0.25) is 4.79 Å². The lowest BCUT2D eigenvalue weighted by molar-refractivity contribution is -0.119. The summed E-state index contributed by atoms with van der Waals surface area (Å²) in [5.41, 5.74) is 0.568. The van der Waals surface area contributed by atoms with E-state index in [1.165, 1.54) is 4.90 Å². The zero-order chi connectivity index (χ0) is 14.6. The average molecular weight is 294 g/mol. The fourth-order valence-corrected chi connectivity index (χ4v) is 2.75. The molecule has 0 bridgehead atoms. The number of rotatable bonds is 6. The van der Waals surface area contributed by atoms with E-state index in [1.54, 1.807) is 6.92 Å². The van der Waals surface area contributed by atoms with E-state index in [0.29, 0.717) is 23.3 Å². The largest absolute Gasteiger partial charge is 0.406 e. The van der Waals surface area contributed by atoms with E-state index < -0.39 is 12.7 Å². The van der Waals surface area contributed by atoms with Crippen molar-refractivity contribution in [3.05, 3.63) is 10.6 Å². The topological polar surface area (TPSA) is 33.2 Å². The van der Waals surface area contributed by atoms with E-state index in [4.69, 9.17) is 0 Å². The van der Waals surface area contributed by atoms with Crippen LogP contribution in [0, 0.1) is 0 Å². The van der Waals surface area contributed by atoms with Crippen molar-refractivity contribution in [3.8, 4) is 0 Å². The maximum absolute atomic E-state index is 12.5. The van der Waals surface area contributed by atoms with Crippen molar-refractivity contribution >= 4 is 22.8 Å². The highest BCUT2D eigenvalue weighted by Crippen LogP contribution is 2.31. The zero-order valence-corrected chi connectivity index (χ0v) is 11.9. The maximum atomic E-state index is 12.5. The van der Waals surface area contributed by atoms with Crippen LogP contribution in [0.1, 0.15) is 48.5 Å². The molecular formula is C12H17F3N2OS. The minimum atomic E-state index is -4.28.